The molecule has 0 amide bonds. The van der Waals surface area contributed by atoms with Crippen LogP contribution in [-0.4, -0.2) is 23.9 Å². The summed E-state index contributed by atoms with van der Waals surface area (Å²) in [5.74, 6) is 0.316. The molecule has 2 rings (SSSR count). The topological polar surface area (TPSA) is 47.0 Å². The molecule has 1 aromatic carbocycles. The summed E-state index contributed by atoms with van der Waals surface area (Å²) < 4.78 is 24.6. The van der Waals surface area contributed by atoms with Crippen LogP contribution in [0.5, 0.6) is 0 Å². The third-order valence-corrected chi connectivity index (χ3v) is 7.71. The van der Waals surface area contributed by atoms with Gasteiger partial charge in [0.1, 0.15) is 0 Å². The summed E-state index contributed by atoms with van der Waals surface area (Å²) in [5, 5.41) is 0. The maximum Gasteiger partial charge on any atom is 0.155 e. The van der Waals surface area contributed by atoms with Crippen LogP contribution in [0.3, 0.4) is 0 Å². The highest BCUT2D eigenvalue weighted by molar-refractivity contribution is 7.92. The van der Waals surface area contributed by atoms with Crippen LogP contribution in [0, 0.1) is 0 Å². The zero-order chi connectivity index (χ0) is 16.9. The zero-order valence-electron chi connectivity index (χ0n) is 14.3. The predicted molar refractivity (Wildman–Crippen MR) is 99.9 cm³/mol. The van der Waals surface area contributed by atoms with Gasteiger partial charge in [0, 0.05) is 0 Å². The Morgan fingerprint density at radius 2 is 1.74 bits per heavy atom. The molecular formula is C18H27NO2S2. The number of rotatable bonds is 8. The van der Waals surface area contributed by atoms with Crippen molar-refractivity contribution in [1.82, 2.24) is 4.98 Å². The number of sulfone groups is 1. The Morgan fingerprint density at radius 3 is 2.48 bits per heavy atom. The summed E-state index contributed by atoms with van der Waals surface area (Å²) in [7, 11) is -2.95. The van der Waals surface area contributed by atoms with E-state index in [0.29, 0.717) is 5.75 Å². The molecule has 0 N–H and O–H groups in total. The maximum atomic E-state index is 12.0. The van der Waals surface area contributed by atoms with Gasteiger partial charge in [0.25, 0.3) is 0 Å². The standard InChI is InChI=1S/C18H27NO2S2/c1-18(2,3)23(20,21)12-8-6-4-5-7-9-15-10-11-17-16(13-15)19-14-22-17/h10-11,13-14H,4-9,12H2,1-3H3. The van der Waals surface area contributed by atoms with Gasteiger partial charge >= 0.3 is 0 Å². The smallest absolute Gasteiger partial charge is 0.155 e. The Bertz CT molecular complexity index is 727. The summed E-state index contributed by atoms with van der Waals surface area (Å²) >= 11 is 1.68. The van der Waals surface area contributed by atoms with E-state index in [0.717, 1.165) is 44.0 Å². The van der Waals surface area contributed by atoms with Crippen molar-refractivity contribution in [2.75, 3.05) is 5.75 Å². The number of fused-ring (bicyclic) bond motifs is 1. The highest BCUT2D eigenvalue weighted by atomic mass is 32.2. The van der Waals surface area contributed by atoms with E-state index in [4.69, 9.17) is 0 Å². The molecule has 0 radical (unpaired) electrons. The highest BCUT2D eigenvalue weighted by Crippen LogP contribution is 2.21. The number of nitrogens with zero attached hydrogens (tertiary/aromatic N) is 1. The second-order valence-electron chi connectivity index (χ2n) is 7.10. The first-order valence-corrected chi connectivity index (χ1v) is 10.9. The van der Waals surface area contributed by atoms with Crippen LogP contribution >= 0.6 is 11.3 Å². The number of hydrogen-bond donors (Lipinski definition) is 0. The Balaban J connectivity index is 1.63. The molecule has 1 aromatic heterocycles. The summed E-state index contributed by atoms with van der Waals surface area (Å²) in [6.07, 6.45) is 6.28. The summed E-state index contributed by atoms with van der Waals surface area (Å²) in [4.78, 5) is 4.35. The second kappa shape index (κ2) is 7.75. The molecule has 0 aliphatic rings. The van der Waals surface area contributed by atoms with E-state index in [9.17, 15) is 8.42 Å². The van der Waals surface area contributed by atoms with Crippen LogP contribution in [0.15, 0.2) is 23.7 Å². The quantitative estimate of drug-likeness (QED) is 0.627. The van der Waals surface area contributed by atoms with Gasteiger partial charge in [-0.25, -0.2) is 13.4 Å². The molecule has 0 fully saturated rings. The Morgan fingerprint density at radius 1 is 1.04 bits per heavy atom. The van der Waals surface area contributed by atoms with Crippen LogP contribution in [0.4, 0.5) is 0 Å². The fourth-order valence-electron chi connectivity index (χ4n) is 2.52. The first kappa shape index (κ1) is 18.4. The van der Waals surface area contributed by atoms with E-state index in [1.807, 2.05) is 5.51 Å². The lowest BCUT2D eigenvalue weighted by molar-refractivity contribution is 0.552. The molecular weight excluding hydrogens is 326 g/mol. The van der Waals surface area contributed by atoms with Gasteiger partial charge in [-0.15, -0.1) is 11.3 Å². The molecule has 128 valence electrons. The van der Waals surface area contributed by atoms with E-state index in [2.05, 4.69) is 23.2 Å². The molecule has 23 heavy (non-hydrogen) atoms. The molecule has 0 unspecified atom stereocenters. The Hall–Kier alpha value is -0.940. The molecule has 5 heteroatoms. The van der Waals surface area contributed by atoms with E-state index in [1.165, 1.54) is 10.3 Å². The van der Waals surface area contributed by atoms with Crippen molar-refractivity contribution in [2.24, 2.45) is 0 Å². The second-order valence-corrected chi connectivity index (χ2v) is 10.9. The summed E-state index contributed by atoms with van der Waals surface area (Å²) in [5.41, 5.74) is 4.33. The third kappa shape index (κ3) is 5.28. The van der Waals surface area contributed by atoms with Crippen molar-refractivity contribution in [3.8, 4) is 0 Å². The highest BCUT2D eigenvalue weighted by Gasteiger charge is 2.27. The van der Waals surface area contributed by atoms with Crippen molar-refractivity contribution in [1.29, 1.82) is 0 Å². The lowest BCUT2D eigenvalue weighted by Gasteiger charge is -2.18. The van der Waals surface area contributed by atoms with Gasteiger partial charge in [-0.1, -0.05) is 25.3 Å². The van der Waals surface area contributed by atoms with Gasteiger partial charge in [-0.3, -0.25) is 0 Å². The first-order chi connectivity index (χ1) is 10.8. The monoisotopic (exact) mass is 353 g/mol. The number of unbranched alkanes of at least 4 members (excludes halogenated alkanes) is 4. The van der Waals surface area contributed by atoms with Crippen molar-refractivity contribution < 1.29 is 8.42 Å². The molecule has 0 aliphatic heterocycles. The van der Waals surface area contributed by atoms with E-state index >= 15 is 0 Å². The number of aryl methyl sites for hydroxylation is 1. The number of thiazole rings is 1. The van der Waals surface area contributed by atoms with Crippen molar-refractivity contribution >= 4 is 31.4 Å². The summed E-state index contributed by atoms with van der Waals surface area (Å²) in [6, 6.07) is 6.53. The van der Waals surface area contributed by atoms with Crippen molar-refractivity contribution in [3.63, 3.8) is 0 Å². The van der Waals surface area contributed by atoms with Crippen LogP contribution in [0.1, 0.15) is 58.4 Å². The van der Waals surface area contributed by atoms with Gasteiger partial charge in [0.15, 0.2) is 9.84 Å². The average Bonchev–Trinajstić information content (AvgIpc) is 2.92. The molecule has 0 spiro atoms. The SMILES string of the molecule is CC(C)(C)S(=O)(=O)CCCCCCCc1ccc2scnc2c1. The lowest BCUT2D eigenvalue weighted by atomic mass is 10.1. The van der Waals surface area contributed by atoms with E-state index in [1.54, 1.807) is 32.1 Å². The maximum absolute atomic E-state index is 12.0. The fourth-order valence-corrected chi connectivity index (χ4v) is 4.37. The van der Waals surface area contributed by atoms with Crippen molar-refractivity contribution in [3.05, 3.63) is 29.3 Å². The van der Waals surface area contributed by atoms with Crippen molar-refractivity contribution in [2.45, 2.75) is 64.0 Å². The van der Waals surface area contributed by atoms with Gasteiger partial charge < -0.3 is 0 Å². The Labute approximate surface area is 144 Å². The minimum atomic E-state index is -2.95. The largest absolute Gasteiger partial charge is 0.245 e. The van der Waals surface area contributed by atoms with E-state index < -0.39 is 14.6 Å². The number of aromatic nitrogens is 1. The minimum absolute atomic E-state index is 0.316. The molecule has 0 saturated heterocycles. The van der Waals surface area contributed by atoms with E-state index in [-0.39, 0.29) is 0 Å². The molecule has 2 aromatic rings. The van der Waals surface area contributed by atoms with Gasteiger partial charge in [0.05, 0.1) is 26.2 Å². The van der Waals surface area contributed by atoms with Crippen LogP contribution in [-0.2, 0) is 16.3 Å². The number of hydrogen-bond acceptors (Lipinski definition) is 4. The molecule has 0 atom stereocenters. The van der Waals surface area contributed by atoms with Crippen LogP contribution < -0.4 is 0 Å². The van der Waals surface area contributed by atoms with Crippen LogP contribution in [0.25, 0.3) is 10.2 Å². The molecule has 3 nitrogen and oxygen atoms in total. The molecule has 0 saturated carbocycles. The van der Waals surface area contributed by atoms with Gasteiger partial charge in [0.2, 0.25) is 0 Å². The predicted octanol–water partition coefficient (Wildman–Crippen LogP) is 5.00. The Kier molecular flexibility index (Phi) is 6.20. The first-order valence-electron chi connectivity index (χ1n) is 8.34. The lowest BCUT2D eigenvalue weighted by Crippen LogP contribution is -2.30. The average molecular weight is 354 g/mol. The van der Waals surface area contributed by atoms with Crippen LogP contribution in [0.2, 0.25) is 0 Å². The third-order valence-electron chi connectivity index (χ3n) is 4.21. The number of benzene rings is 1. The summed E-state index contributed by atoms with van der Waals surface area (Å²) in [6.45, 7) is 5.34. The molecule has 0 aliphatic carbocycles. The fraction of sp³-hybridized carbons (Fsp3) is 0.611. The molecule has 1 heterocycles. The normalized spacial score (nSPS) is 12.8. The van der Waals surface area contributed by atoms with Gasteiger partial charge in [-0.05, 0) is 57.7 Å². The molecule has 0 bridgehead atoms. The minimum Gasteiger partial charge on any atom is -0.245 e. The van der Waals surface area contributed by atoms with Gasteiger partial charge in [-0.2, -0.15) is 0 Å². The zero-order valence-corrected chi connectivity index (χ0v) is 16.0.